The number of hydroxylamine groups is 2. The van der Waals surface area contributed by atoms with Crippen molar-refractivity contribution in [2.45, 2.75) is 25.4 Å². The molecule has 0 aromatic heterocycles. The van der Waals surface area contributed by atoms with Gasteiger partial charge in [-0.2, -0.15) is 5.06 Å². The summed E-state index contributed by atoms with van der Waals surface area (Å²) in [7, 11) is 0. The van der Waals surface area contributed by atoms with E-state index in [9.17, 15) is 18.8 Å². The summed E-state index contributed by atoms with van der Waals surface area (Å²) in [5.74, 6) is -2.55. The average molecular weight is 273 g/mol. The van der Waals surface area contributed by atoms with Crippen molar-refractivity contribution in [3.63, 3.8) is 0 Å². The van der Waals surface area contributed by atoms with E-state index in [1.807, 2.05) is 0 Å². The smallest absolute Gasteiger partial charge is 0.368 e. The van der Waals surface area contributed by atoms with Gasteiger partial charge in [0.2, 0.25) is 5.91 Å². The molecule has 0 saturated carbocycles. The molecule has 2 aliphatic heterocycles. The second kappa shape index (κ2) is 4.50. The third-order valence-electron chi connectivity index (χ3n) is 2.99. The van der Waals surface area contributed by atoms with Crippen molar-refractivity contribution in [2.24, 2.45) is 5.73 Å². The molecule has 9 heteroatoms. The Balaban J connectivity index is 2.22. The number of alkyl halides is 1. The summed E-state index contributed by atoms with van der Waals surface area (Å²) in [6.45, 7) is 1.70. The Bertz CT molecular complexity index is 480. The zero-order valence-electron chi connectivity index (χ0n) is 9.95. The fourth-order valence-electron chi connectivity index (χ4n) is 2.24. The summed E-state index contributed by atoms with van der Waals surface area (Å²) >= 11 is 0. The summed E-state index contributed by atoms with van der Waals surface area (Å²) in [5.41, 5.74) is 5.73. The maximum Gasteiger partial charge on any atom is 0.368 e. The first-order chi connectivity index (χ1) is 8.82. The lowest BCUT2D eigenvalue weighted by atomic mass is 10.0. The molecule has 3 N–H and O–H groups in total. The second-order valence-electron chi connectivity index (χ2n) is 4.30. The number of hydrogen-bond donors (Lipinski definition) is 2. The van der Waals surface area contributed by atoms with Crippen LogP contribution in [0.2, 0.25) is 0 Å². The minimum absolute atomic E-state index is 0.0934. The summed E-state index contributed by atoms with van der Waals surface area (Å²) in [4.78, 5) is 39.2. The van der Waals surface area contributed by atoms with Crippen molar-refractivity contribution in [3.8, 4) is 0 Å². The molecule has 1 saturated heterocycles. The number of fused-ring (bicyclic) bond motifs is 2. The number of nitrogens with two attached hydrogens (primary N) is 1. The topological polar surface area (TPSA) is 113 Å². The van der Waals surface area contributed by atoms with Gasteiger partial charge in [-0.05, 0) is 12.5 Å². The van der Waals surface area contributed by atoms with Crippen LogP contribution < -0.4 is 5.73 Å². The first-order valence-electron chi connectivity index (χ1n) is 5.44. The Kier molecular flexibility index (Phi) is 3.14. The number of carbonyl (C=O) groups excluding carboxylic acids is 2. The number of carboxylic acid groups (broad SMARTS) is 1. The summed E-state index contributed by atoms with van der Waals surface area (Å²) in [6.07, 6.45) is -1.11. The fourth-order valence-corrected chi connectivity index (χ4v) is 2.24. The van der Waals surface area contributed by atoms with E-state index < -0.39 is 36.3 Å². The third kappa shape index (κ3) is 2.12. The Labute approximate surface area is 107 Å². The number of primary amides is 1. The highest BCUT2D eigenvalue weighted by molar-refractivity contribution is 5.90. The fraction of sp³-hybridized carbons (Fsp3) is 0.500. The quantitative estimate of drug-likeness (QED) is 0.652. The molecule has 1 fully saturated rings. The van der Waals surface area contributed by atoms with Crippen molar-refractivity contribution in [3.05, 3.63) is 11.6 Å². The van der Waals surface area contributed by atoms with Gasteiger partial charge in [0, 0.05) is 0 Å². The van der Waals surface area contributed by atoms with Gasteiger partial charge in [0.15, 0.2) is 0 Å². The van der Waals surface area contributed by atoms with Gasteiger partial charge in [0.05, 0.1) is 12.6 Å². The Hall–Kier alpha value is -2.16. The van der Waals surface area contributed by atoms with E-state index in [0.717, 1.165) is 4.90 Å². The predicted molar refractivity (Wildman–Crippen MR) is 58.1 cm³/mol. The molecule has 1 unspecified atom stereocenters. The van der Waals surface area contributed by atoms with Crippen molar-refractivity contribution in [1.82, 2.24) is 9.96 Å². The van der Waals surface area contributed by atoms with Gasteiger partial charge < -0.3 is 15.7 Å². The van der Waals surface area contributed by atoms with Crippen molar-refractivity contribution in [1.29, 1.82) is 0 Å². The SMILES string of the molecule is CC1=C[C@H]2CN(C(=O)N2OC(F)C(=O)O)[C@@H]1C(N)=O. The number of halogens is 1. The molecule has 2 rings (SSSR count). The van der Waals surface area contributed by atoms with Crippen LogP contribution in [0.3, 0.4) is 0 Å². The third-order valence-corrected chi connectivity index (χ3v) is 2.99. The lowest BCUT2D eigenvalue weighted by Crippen LogP contribution is -2.48. The molecule has 2 bridgehead atoms. The van der Waals surface area contributed by atoms with Crippen LogP contribution in [0.1, 0.15) is 6.92 Å². The number of rotatable bonds is 4. The van der Waals surface area contributed by atoms with Gasteiger partial charge in [0.25, 0.3) is 0 Å². The van der Waals surface area contributed by atoms with Gasteiger partial charge >= 0.3 is 18.4 Å². The van der Waals surface area contributed by atoms with Crippen LogP contribution in [0.25, 0.3) is 0 Å². The maximum absolute atomic E-state index is 13.0. The number of carbonyl (C=O) groups is 3. The molecule has 2 heterocycles. The number of urea groups is 1. The van der Waals surface area contributed by atoms with Crippen LogP contribution in [-0.4, -0.2) is 58.0 Å². The van der Waals surface area contributed by atoms with Crippen LogP contribution in [0, 0.1) is 0 Å². The first-order valence-corrected chi connectivity index (χ1v) is 5.44. The van der Waals surface area contributed by atoms with Crippen molar-refractivity contribution >= 4 is 17.9 Å². The van der Waals surface area contributed by atoms with Gasteiger partial charge in [-0.3, -0.25) is 4.79 Å². The summed E-state index contributed by atoms with van der Waals surface area (Å²) in [6, 6.07) is -2.34. The molecule has 8 nitrogen and oxygen atoms in total. The molecule has 19 heavy (non-hydrogen) atoms. The molecule has 0 aromatic carbocycles. The van der Waals surface area contributed by atoms with Crippen LogP contribution in [0.5, 0.6) is 0 Å². The number of nitrogens with zero attached hydrogens (tertiary/aromatic N) is 2. The highest BCUT2D eigenvalue weighted by atomic mass is 19.1. The molecule has 3 amide bonds. The molecule has 2 aliphatic rings. The minimum atomic E-state index is -2.65. The number of aliphatic carboxylic acids is 1. The number of amides is 3. The zero-order valence-corrected chi connectivity index (χ0v) is 9.95. The second-order valence-corrected chi connectivity index (χ2v) is 4.30. The van der Waals surface area contributed by atoms with Gasteiger partial charge in [-0.15, -0.1) is 0 Å². The van der Waals surface area contributed by atoms with Gasteiger partial charge in [0.1, 0.15) is 6.04 Å². The molecule has 0 aromatic rings. The maximum atomic E-state index is 13.0. The lowest BCUT2D eigenvalue weighted by molar-refractivity contribution is -0.219. The largest absolute Gasteiger partial charge is 0.477 e. The molecule has 0 aliphatic carbocycles. The van der Waals surface area contributed by atoms with E-state index in [1.165, 1.54) is 6.08 Å². The monoisotopic (exact) mass is 273 g/mol. The van der Waals surface area contributed by atoms with Gasteiger partial charge in [-0.1, -0.05) is 6.08 Å². The van der Waals surface area contributed by atoms with E-state index in [4.69, 9.17) is 10.8 Å². The van der Waals surface area contributed by atoms with Crippen LogP contribution >= 0.6 is 0 Å². The highest BCUT2D eigenvalue weighted by Gasteiger charge is 2.48. The summed E-state index contributed by atoms with van der Waals surface area (Å²) < 4.78 is 13.0. The normalized spacial score (nSPS) is 27.3. The summed E-state index contributed by atoms with van der Waals surface area (Å²) in [5, 5.41) is 9.04. The lowest BCUT2D eigenvalue weighted by Gasteiger charge is -2.27. The molecule has 3 atom stereocenters. The number of hydrogen-bond acceptors (Lipinski definition) is 4. The van der Waals surface area contributed by atoms with E-state index in [0.29, 0.717) is 10.6 Å². The van der Waals surface area contributed by atoms with Crippen LogP contribution in [0.4, 0.5) is 9.18 Å². The molecule has 0 spiro atoms. The Morgan fingerprint density at radius 1 is 1.63 bits per heavy atom. The predicted octanol–water partition coefficient (Wildman–Crippen LogP) is -0.782. The number of carboxylic acids is 1. The molecular formula is C10H12FN3O5. The van der Waals surface area contributed by atoms with E-state index in [2.05, 4.69) is 4.84 Å². The van der Waals surface area contributed by atoms with Crippen LogP contribution in [0.15, 0.2) is 11.6 Å². The average Bonchev–Trinajstić information content (AvgIpc) is 2.54. The van der Waals surface area contributed by atoms with Crippen LogP contribution in [-0.2, 0) is 14.4 Å². The highest BCUT2D eigenvalue weighted by Crippen LogP contribution is 2.29. The zero-order chi connectivity index (χ0) is 14.3. The van der Waals surface area contributed by atoms with Crippen molar-refractivity contribution < 1.29 is 28.7 Å². The first kappa shape index (κ1) is 13.3. The minimum Gasteiger partial charge on any atom is -0.477 e. The van der Waals surface area contributed by atoms with E-state index in [-0.39, 0.29) is 6.54 Å². The molecule has 0 radical (unpaired) electrons. The molecule has 104 valence electrons. The Morgan fingerprint density at radius 3 is 2.79 bits per heavy atom. The van der Waals surface area contributed by atoms with E-state index in [1.54, 1.807) is 6.92 Å². The standard InChI is InChI=1S/C10H12FN3O5/c1-4-2-5-3-13(6(4)8(12)15)10(18)14(5)19-7(11)9(16)17/h2,5-7H,3H2,1H3,(H2,12,15)(H,16,17)/t5-,6-,7?/m0/s1. The van der Waals surface area contributed by atoms with E-state index >= 15 is 0 Å². The molecular weight excluding hydrogens is 261 g/mol. The van der Waals surface area contributed by atoms with Gasteiger partial charge in [-0.25, -0.2) is 18.8 Å². The Morgan fingerprint density at radius 2 is 2.26 bits per heavy atom. The van der Waals surface area contributed by atoms with Crippen molar-refractivity contribution in [2.75, 3.05) is 6.54 Å².